The smallest absolute Gasteiger partial charge is 0.123 e. The van der Waals surface area contributed by atoms with Gasteiger partial charge in [-0.2, -0.15) is 0 Å². The summed E-state index contributed by atoms with van der Waals surface area (Å²) in [5.41, 5.74) is 1.35. The zero-order valence-electron chi connectivity index (χ0n) is 7.65. The highest BCUT2D eigenvalue weighted by Crippen LogP contribution is 2.02. The Hall–Kier alpha value is -1.37. The van der Waals surface area contributed by atoms with Gasteiger partial charge in [0.15, 0.2) is 0 Å². The van der Waals surface area contributed by atoms with Crippen LogP contribution in [0.4, 0.5) is 0 Å². The summed E-state index contributed by atoms with van der Waals surface area (Å²) in [6.07, 6.45) is 7.49. The molecule has 0 bridgehead atoms. The molecule has 1 nitrogen and oxygen atoms in total. The van der Waals surface area contributed by atoms with E-state index in [0.717, 1.165) is 19.1 Å². The van der Waals surface area contributed by atoms with E-state index in [1.165, 1.54) is 5.56 Å². The number of carbonyl (C=O) groups is 1. The number of aldehydes is 1. The fourth-order valence-corrected chi connectivity index (χ4v) is 1.16. The molecular weight excluding hydrogens is 160 g/mol. The van der Waals surface area contributed by atoms with Crippen LogP contribution in [-0.2, 0) is 11.2 Å². The Kier molecular flexibility index (Phi) is 4.62. The van der Waals surface area contributed by atoms with Crippen LogP contribution < -0.4 is 0 Å². The Morgan fingerprint density at radius 2 is 1.85 bits per heavy atom. The summed E-state index contributed by atoms with van der Waals surface area (Å²) in [7, 11) is 0. The maximum Gasteiger partial charge on any atom is 0.123 e. The van der Waals surface area contributed by atoms with Gasteiger partial charge in [-0.1, -0.05) is 42.5 Å². The van der Waals surface area contributed by atoms with E-state index in [-0.39, 0.29) is 0 Å². The predicted octanol–water partition coefficient (Wildman–Crippen LogP) is 2.76. The summed E-state index contributed by atoms with van der Waals surface area (Å²) < 4.78 is 0. The lowest BCUT2D eigenvalue weighted by Gasteiger charge is -1.95. The van der Waals surface area contributed by atoms with E-state index >= 15 is 0 Å². The van der Waals surface area contributed by atoms with Crippen LogP contribution in [0.15, 0.2) is 42.5 Å². The lowest BCUT2D eigenvalue weighted by atomic mass is 10.1. The minimum atomic E-state index is 0.536. The average Bonchev–Trinajstić information content (AvgIpc) is 2.19. The molecule has 0 unspecified atom stereocenters. The van der Waals surface area contributed by atoms with Crippen molar-refractivity contribution in [3.05, 3.63) is 48.0 Å². The molecule has 0 spiro atoms. The third-order valence-electron chi connectivity index (χ3n) is 1.84. The molecule has 13 heavy (non-hydrogen) atoms. The standard InChI is InChI=1S/C12H14O/c13-11-7-2-1-4-8-12-9-5-3-6-10-12/h1-3,5-6,9-11H,4,7-8H2/b2-1+. The summed E-state index contributed by atoms with van der Waals surface area (Å²) in [4.78, 5) is 9.99. The number of allylic oxidation sites excluding steroid dienone is 2. The Morgan fingerprint density at radius 3 is 2.54 bits per heavy atom. The van der Waals surface area contributed by atoms with E-state index < -0.39 is 0 Å². The fraction of sp³-hybridized carbons (Fsp3) is 0.250. The summed E-state index contributed by atoms with van der Waals surface area (Å²) in [6.45, 7) is 0. The van der Waals surface area contributed by atoms with Crippen molar-refractivity contribution in [1.82, 2.24) is 0 Å². The molecule has 1 aromatic rings. The van der Waals surface area contributed by atoms with Crippen molar-refractivity contribution >= 4 is 6.29 Å². The van der Waals surface area contributed by atoms with Gasteiger partial charge >= 0.3 is 0 Å². The van der Waals surface area contributed by atoms with Crippen LogP contribution in [0.5, 0.6) is 0 Å². The van der Waals surface area contributed by atoms with Gasteiger partial charge in [-0.05, 0) is 18.4 Å². The number of benzene rings is 1. The maximum atomic E-state index is 9.99. The maximum absolute atomic E-state index is 9.99. The molecule has 1 aromatic carbocycles. The fourth-order valence-electron chi connectivity index (χ4n) is 1.16. The third kappa shape index (κ3) is 4.26. The Balaban J connectivity index is 2.24. The van der Waals surface area contributed by atoms with Crippen LogP contribution in [0.1, 0.15) is 18.4 Å². The first kappa shape index (κ1) is 9.72. The van der Waals surface area contributed by atoms with Gasteiger partial charge in [-0.3, -0.25) is 0 Å². The minimum absolute atomic E-state index is 0.536. The molecule has 68 valence electrons. The molecule has 0 saturated carbocycles. The van der Waals surface area contributed by atoms with Crippen LogP contribution in [0.2, 0.25) is 0 Å². The SMILES string of the molecule is O=CC/C=C/CCc1ccccc1. The Bertz CT molecular complexity index is 262. The van der Waals surface area contributed by atoms with Crippen molar-refractivity contribution in [2.45, 2.75) is 19.3 Å². The molecule has 0 amide bonds. The van der Waals surface area contributed by atoms with Crippen molar-refractivity contribution in [3.8, 4) is 0 Å². The van der Waals surface area contributed by atoms with Gasteiger partial charge in [0.25, 0.3) is 0 Å². The number of aryl methyl sites for hydroxylation is 1. The van der Waals surface area contributed by atoms with Gasteiger partial charge in [-0.15, -0.1) is 0 Å². The highest BCUT2D eigenvalue weighted by atomic mass is 16.1. The predicted molar refractivity (Wildman–Crippen MR) is 54.6 cm³/mol. The van der Waals surface area contributed by atoms with Gasteiger partial charge in [0.1, 0.15) is 6.29 Å². The lowest BCUT2D eigenvalue weighted by molar-refractivity contribution is -0.107. The molecule has 0 aliphatic rings. The van der Waals surface area contributed by atoms with E-state index in [0.29, 0.717) is 6.42 Å². The number of carbonyl (C=O) groups excluding carboxylic acids is 1. The molecule has 0 aromatic heterocycles. The summed E-state index contributed by atoms with van der Waals surface area (Å²) in [5.74, 6) is 0. The number of hydrogen-bond acceptors (Lipinski definition) is 1. The molecular formula is C12H14O. The van der Waals surface area contributed by atoms with Gasteiger partial charge in [0.2, 0.25) is 0 Å². The molecule has 0 radical (unpaired) electrons. The average molecular weight is 174 g/mol. The van der Waals surface area contributed by atoms with Crippen LogP contribution >= 0.6 is 0 Å². The first-order valence-corrected chi connectivity index (χ1v) is 4.56. The normalized spacial score (nSPS) is 10.5. The van der Waals surface area contributed by atoms with Crippen LogP contribution in [0, 0.1) is 0 Å². The monoisotopic (exact) mass is 174 g/mol. The highest BCUT2D eigenvalue weighted by Gasteiger charge is 1.87. The van der Waals surface area contributed by atoms with Crippen molar-refractivity contribution in [2.24, 2.45) is 0 Å². The van der Waals surface area contributed by atoms with Gasteiger partial charge in [0.05, 0.1) is 0 Å². The van der Waals surface area contributed by atoms with Gasteiger partial charge in [-0.25, -0.2) is 0 Å². The van der Waals surface area contributed by atoms with Crippen LogP contribution in [0.3, 0.4) is 0 Å². The molecule has 0 aliphatic carbocycles. The largest absolute Gasteiger partial charge is 0.303 e. The second-order valence-corrected chi connectivity index (χ2v) is 2.90. The molecule has 1 rings (SSSR count). The van der Waals surface area contributed by atoms with Crippen molar-refractivity contribution in [3.63, 3.8) is 0 Å². The van der Waals surface area contributed by atoms with E-state index in [4.69, 9.17) is 0 Å². The van der Waals surface area contributed by atoms with E-state index in [1.54, 1.807) is 0 Å². The minimum Gasteiger partial charge on any atom is -0.303 e. The quantitative estimate of drug-likeness (QED) is 0.495. The highest BCUT2D eigenvalue weighted by molar-refractivity contribution is 5.51. The van der Waals surface area contributed by atoms with Gasteiger partial charge in [0, 0.05) is 6.42 Å². The Labute approximate surface area is 79.1 Å². The van der Waals surface area contributed by atoms with Crippen LogP contribution in [0.25, 0.3) is 0 Å². The molecule has 0 fully saturated rings. The van der Waals surface area contributed by atoms with E-state index in [9.17, 15) is 4.79 Å². The zero-order valence-corrected chi connectivity index (χ0v) is 7.65. The number of hydrogen-bond donors (Lipinski definition) is 0. The molecule has 0 saturated heterocycles. The molecule has 0 heterocycles. The second kappa shape index (κ2) is 6.18. The topological polar surface area (TPSA) is 17.1 Å². The first-order chi connectivity index (χ1) is 6.43. The third-order valence-corrected chi connectivity index (χ3v) is 1.84. The summed E-state index contributed by atoms with van der Waals surface area (Å²) >= 11 is 0. The molecule has 0 aliphatic heterocycles. The molecule has 0 N–H and O–H groups in total. The second-order valence-electron chi connectivity index (χ2n) is 2.90. The van der Waals surface area contributed by atoms with E-state index in [1.807, 2.05) is 24.3 Å². The number of rotatable bonds is 5. The first-order valence-electron chi connectivity index (χ1n) is 4.56. The lowest BCUT2D eigenvalue weighted by Crippen LogP contribution is -1.81. The summed E-state index contributed by atoms with van der Waals surface area (Å²) in [6, 6.07) is 10.3. The van der Waals surface area contributed by atoms with Crippen molar-refractivity contribution < 1.29 is 4.79 Å². The van der Waals surface area contributed by atoms with Crippen LogP contribution in [-0.4, -0.2) is 6.29 Å². The van der Waals surface area contributed by atoms with Gasteiger partial charge < -0.3 is 4.79 Å². The van der Waals surface area contributed by atoms with Crippen molar-refractivity contribution in [1.29, 1.82) is 0 Å². The molecule has 0 atom stereocenters. The Morgan fingerprint density at radius 1 is 1.08 bits per heavy atom. The zero-order chi connectivity index (χ0) is 9.36. The van der Waals surface area contributed by atoms with Crippen molar-refractivity contribution in [2.75, 3.05) is 0 Å². The summed E-state index contributed by atoms with van der Waals surface area (Å²) in [5, 5.41) is 0. The molecule has 1 heteroatoms. The van der Waals surface area contributed by atoms with E-state index in [2.05, 4.69) is 18.2 Å².